The van der Waals surface area contributed by atoms with Gasteiger partial charge < -0.3 is 9.47 Å². The highest BCUT2D eigenvalue weighted by atomic mass is 16.5. The second-order valence-corrected chi connectivity index (χ2v) is 6.76. The van der Waals surface area contributed by atoms with Crippen LogP contribution >= 0.6 is 0 Å². The van der Waals surface area contributed by atoms with Crippen molar-refractivity contribution in [3.63, 3.8) is 0 Å². The van der Waals surface area contributed by atoms with Crippen molar-refractivity contribution in [1.82, 2.24) is 0 Å². The van der Waals surface area contributed by atoms with E-state index < -0.39 is 0 Å². The van der Waals surface area contributed by atoms with Crippen LogP contribution < -0.4 is 0 Å². The van der Waals surface area contributed by atoms with E-state index in [1.807, 2.05) is 51.1 Å². The molecule has 1 aromatic carbocycles. The van der Waals surface area contributed by atoms with Gasteiger partial charge in [0, 0.05) is 5.57 Å². The van der Waals surface area contributed by atoms with E-state index in [1.54, 1.807) is 6.92 Å². The first-order valence-electron chi connectivity index (χ1n) is 7.76. The third kappa shape index (κ3) is 3.81. The molecule has 1 aliphatic carbocycles. The monoisotopic (exact) mass is 316 g/mol. The molecule has 1 aliphatic rings. The molecule has 2 atom stereocenters. The van der Waals surface area contributed by atoms with Crippen LogP contribution in [-0.4, -0.2) is 19.0 Å². The van der Waals surface area contributed by atoms with Crippen molar-refractivity contribution in [3.8, 4) is 0 Å². The Morgan fingerprint density at radius 3 is 2.61 bits per heavy atom. The standard InChI is InChI=1S/C19H24O4/c1-12-7-6-8-14(9-12)11-23-18(21)16-15(19(16,3)4)10-13(2)17(20)22-5/h6-10,15-16H,11H2,1-5H3/b13-10+. The zero-order valence-electron chi connectivity index (χ0n) is 14.4. The number of esters is 2. The van der Waals surface area contributed by atoms with Gasteiger partial charge in [0.25, 0.3) is 0 Å². The van der Waals surface area contributed by atoms with Crippen LogP contribution in [0.3, 0.4) is 0 Å². The maximum atomic E-state index is 12.3. The minimum atomic E-state index is -0.362. The zero-order valence-corrected chi connectivity index (χ0v) is 14.4. The Labute approximate surface area is 137 Å². The van der Waals surface area contributed by atoms with E-state index in [9.17, 15) is 9.59 Å². The smallest absolute Gasteiger partial charge is 0.333 e. The predicted molar refractivity (Wildman–Crippen MR) is 87.5 cm³/mol. The summed E-state index contributed by atoms with van der Waals surface area (Å²) in [7, 11) is 1.35. The second-order valence-electron chi connectivity index (χ2n) is 6.76. The lowest BCUT2D eigenvalue weighted by molar-refractivity contribution is -0.147. The molecule has 0 heterocycles. The maximum Gasteiger partial charge on any atom is 0.333 e. The molecule has 0 spiro atoms. The molecular weight excluding hydrogens is 292 g/mol. The average molecular weight is 316 g/mol. The molecule has 0 aliphatic heterocycles. The number of methoxy groups -OCH3 is 1. The molecule has 1 aromatic rings. The van der Waals surface area contributed by atoms with Crippen LogP contribution in [0, 0.1) is 24.2 Å². The third-order valence-corrected chi connectivity index (χ3v) is 4.57. The normalized spacial score (nSPS) is 22.4. The van der Waals surface area contributed by atoms with E-state index in [4.69, 9.17) is 9.47 Å². The van der Waals surface area contributed by atoms with E-state index in [-0.39, 0.29) is 35.8 Å². The third-order valence-electron chi connectivity index (χ3n) is 4.57. The van der Waals surface area contributed by atoms with Gasteiger partial charge in [-0.2, -0.15) is 0 Å². The van der Waals surface area contributed by atoms with Gasteiger partial charge in [0.15, 0.2) is 0 Å². The lowest BCUT2D eigenvalue weighted by atomic mass is 10.1. The van der Waals surface area contributed by atoms with Gasteiger partial charge in [-0.3, -0.25) is 4.79 Å². The highest BCUT2D eigenvalue weighted by molar-refractivity contribution is 5.88. The van der Waals surface area contributed by atoms with Crippen LogP contribution in [-0.2, 0) is 25.7 Å². The molecule has 124 valence electrons. The van der Waals surface area contributed by atoms with E-state index in [2.05, 4.69) is 0 Å². The van der Waals surface area contributed by atoms with Gasteiger partial charge in [-0.1, -0.05) is 49.8 Å². The molecule has 1 fully saturated rings. The first kappa shape index (κ1) is 17.3. The van der Waals surface area contributed by atoms with Crippen molar-refractivity contribution in [3.05, 3.63) is 47.0 Å². The number of ether oxygens (including phenoxy) is 2. The van der Waals surface area contributed by atoms with Crippen molar-refractivity contribution in [2.45, 2.75) is 34.3 Å². The topological polar surface area (TPSA) is 52.6 Å². The van der Waals surface area contributed by atoms with Gasteiger partial charge in [-0.05, 0) is 30.7 Å². The molecule has 1 saturated carbocycles. The number of carbonyl (C=O) groups is 2. The first-order valence-corrected chi connectivity index (χ1v) is 7.76. The molecule has 0 radical (unpaired) electrons. The van der Waals surface area contributed by atoms with Gasteiger partial charge in [0.1, 0.15) is 6.61 Å². The Kier molecular flexibility index (Phi) is 4.93. The highest BCUT2D eigenvalue weighted by Crippen LogP contribution is 2.59. The van der Waals surface area contributed by atoms with Crippen LogP contribution in [0.2, 0.25) is 0 Å². The van der Waals surface area contributed by atoms with Crippen molar-refractivity contribution in [1.29, 1.82) is 0 Å². The van der Waals surface area contributed by atoms with Crippen LogP contribution in [0.1, 0.15) is 31.9 Å². The Bertz CT molecular complexity index is 643. The number of rotatable bonds is 5. The number of allylic oxidation sites excluding steroid dienone is 1. The number of hydrogen-bond acceptors (Lipinski definition) is 4. The summed E-state index contributed by atoms with van der Waals surface area (Å²) in [4.78, 5) is 23.8. The Hall–Kier alpha value is -2.10. The molecule has 2 rings (SSSR count). The largest absolute Gasteiger partial charge is 0.466 e. The SMILES string of the molecule is COC(=O)/C(C)=C/C1C(C(=O)OCc2cccc(C)c2)C1(C)C. The van der Waals surface area contributed by atoms with Crippen LogP contribution in [0.15, 0.2) is 35.9 Å². The molecule has 23 heavy (non-hydrogen) atoms. The lowest BCUT2D eigenvalue weighted by Crippen LogP contribution is -2.10. The quantitative estimate of drug-likeness (QED) is 0.617. The van der Waals surface area contributed by atoms with E-state index in [0.717, 1.165) is 11.1 Å². The molecule has 4 nitrogen and oxygen atoms in total. The van der Waals surface area contributed by atoms with E-state index in [0.29, 0.717) is 5.57 Å². The highest BCUT2D eigenvalue weighted by Gasteiger charge is 2.61. The molecule has 0 N–H and O–H groups in total. The van der Waals surface area contributed by atoms with Crippen LogP contribution in [0.4, 0.5) is 0 Å². The summed E-state index contributed by atoms with van der Waals surface area (Å²) in [5, 5.41) is 0. The summed E-state index contributed by atoms with van der Waals surface area (Å²) in [5.41, 5.74) is 2.45. The second kappa shape index (κ2) is 6.57. The molecule has 0 amide bonds. The number of aryl methyl sites for hydroxylation is 1. The summed E-state index contributed by atoms with van der Waals surface area (Å²) in [6.45, 7) is 8.01. The van der Waals surface area contributed by atoms with Gasteiger partial charge in [0.05, 0.1) is 13.0 Å². The summed E-state index contributed by atoms with van der Waals surface area (Å²) in [6, 6.07) is 7.90. The summed E-state index contributed by atoms with van der Waals surface area (Å²) in [5.74, 6) is -0.784. The van der Waals surface area contributed by atoms with Gasteiger partial charge >= 0.3 is 11.9 Å². The summed E-state index contributed by atoms with van der Waals surface area (Å²) in [6.07, 6.45) is 1.82. The van der Waals surface area contributed by atoms with Crippen LogP contribution in [0.5, 0.6) is 0 Å². The first-order chi connectivity index (χ1) is 10.8. The summed E-state index contributed by atoms with van der Waals surface area (Å²) < 4.78 is 10.2. The fourth-order valence-corrected chi connectivity index (χ4v) is 2.98. The van der Waals surface area contributed by atoms with Crippen LogP contribution in [0.25, 0.3) is 0 Å². The average Bonchev–Trinajstić information content (AvgIpc) is 3.04. The number of hydrogen-bond donors (Lipinski definition) is 0. The summed E-state index contributed by atoms with van der Waals surface area (Å²) >= 11 is 0. The van der Waals surface area contributed by atoms with E-state index in [1.165, 1.54) is 7.11 Å². The lowest BCUT2D eigenvalue weighted by Gasteiger charge is -2.06. The molecule has 0 saturated heterocycles. The van der Waals surface area contributed by atoms with Gasteiger partial charge in [-0.15, -0.1) is 0 Å². The maximum absolute atomic E-state index is 12.3. The minimum Gasteiger partial charge on any atom is -0.466 e. The Morgan fingerprint density at radius 1 is 1.30 bits per heavy atom. The van der Waals surface area contributed by atoms with Gasteiger partial charge in [0.2, 0.25) is 0 Å². The molecular formula is C19H24O4. The Balaban J connectivity index is 1.98. The van der Waals surface area contributed by atoms with E-state index >= 15 is 0 Å². The fraction of sp³-hybridized carbons (Fsp3) is 0.474. The fourth-order valence-electron chi connectivity index (χ4n) is 2.98. The molecule has 4 heteroatoms. The zero-order chi connectivity index (χ0) is 17.2. The van der Waals surface area contributed by atoms with Gasteiger partial charge in [-0.25, -0.2) is 4.79 Å². The predicted octanol–water partition coefficient (Wildman–Crippen LogP) is 3.43. The molecule has 0 bridgehead atoms. The van der Waals surface area contributed by atoms with Crippen molar-refractivity contribution in [2.24, 2.45) is 17.3 Å². The number of benzene rings is 1. The van der Waals surface area contributed by atoms with Crippen molar-refractivity contribution in [2.75, 3.05) is 7.11 Å². The Morgan fingerprint density at radius 2 is 2.00 bits per heavy atom. The number of carbonyl (C=O) groups excluding carboxylic acids is 2. The van der Waals surface area contributed by atoms with Crippen molar-refractivity contribution < 1.29 is 19.1 Å². The molecule has 0 aromatic heterocycles. The minimum absolute atomic E-state index is 0.00612. The van der Waals surface area contributed by atoms with Crippen molar-refractivity contribution >= 4 is 11.9 Å². The molecule has 2 unspecified atom stereocenters.